The van der Waals surface area contributed by atoms with Crippen LogP contribution in [0.25, 0.3) is 43.5 Å². The molecule has 4 heteroatoms. The number of rotatable bonds is 5. The van der Waals surface area contributed by atoms with Crippen molar-refractivity contribution >= 4 is 51.6 Å². The standard InChI is InChI=1S/C34H30NO2P/c1-23(25-11-3-4-12-25)35(24(2)26-13-5-6-14-26)38-36-31-21-19-27-15-7-9-17-29(27)33(31)34-30-18-10-8-16-28(30)20-22-32(34)37-38/h3-26H,1-2H3/t23-,24-/m1/s1. The fraction of sp³-hybridized carbons (Fsp3) is 0.176. The average Bonchev–Trinajstić information content (AvgIpc) is 3.66. The van der Waals surface area contributed by atoms with Crippen LogP contribution in [0.3, 0.4) is 0 Å². The minimum atomic E-state index is -1.46. The van der Waals surface area contributed by atoms with Crippen LogP contribution < -0.4 is 4.67 Å². The summed E-state index contributed by atoms with van der Waals surface area (Å²) in [6, 6.07) is 26.1. The van der Waals surface area contributed by atoms with Crippen LogP contribution in [0.2, 0.25) is 0 Å². The third-order valence-electron chi connectivity index (χ3n) is 8.08. The van der Waals surface area contributed by atoms with Gasteiger partial charge in [0.15, 0.2) is 0 Å². The molecule has 4 aromatic carbocycles. The van der Waals surface area contributed by atoms with E-state index in [-0.39, 0.29) is 12.1 Å². The minimum absolute atomic E-state index is 0.194. The van der Waals surface area contributed by atoms with Gasteiger partial charge in [0.2, 0.25) is 0 Å². The van der Waals surface area contributed by atoms with Crippen molar-refractivity contribution in [3.63, 3.8) is 0 Å². The molecule has 0 unspecified atom stereocenters. The molecule has 2 atom stereocenters. The number of hydrogen-bond donors (Lipinski definition) is 0. The Kier molecular flexibility index (Phi) is 5.84. The number of hydrogen-bond acceptors (Lipinski definition) is 3. The molecule has 3 nitrogen and oxygen atoms in total. The fourth-order valence-corrected chi connectivity index (χ4v) is 7.78. The van der Waals surface area contributed by atoms with E-state index < -0.39 is 8.16 Å². The lowest BCUT2D eigenvalue weighted by Crippen LogP contribution is -2.44. The summed E-state index contributed by atoms with van der Waals surface area (Å²) in [5, 5.41) is 6.98. The molecule has 188 valence electrons. The molecule has 1 heterocycles. The Morgan fingerprint density at radius 2 is 1.00 bits per heavy atom. The van der Waals surface area contributed by atoms with Gasteiger partial charge in [-0.05, 0) is 47.5 Å². The lowest BCUT2D eigenvalue weighted by Gasteiger charge is -2.35. The third-order valence-corrected chi connectivity index (χ3v) is 9.89. The van der Waals surface area contributed by atoms with E-state index in [4.69, 9.17) is 8.39 Å². The number of fused-ring (bicyclic) bond motifs is 7. The highest BCUT2D eigenvalue weighted by atomic mass is 31.1. The Bertz CT molecular complexity index is 1690. The molecule has 0 spiro atoms. The van der Waals surface area contributed by atoms with Crippen LogP contribution in [0.15, 0.2) is 130 Å². The Hall–Kier alpha value is -3.78. The summed E-state index contributed by atoms with van der Waals surface area (Å²) in [5.41, 5.74) is 1.76. The van der Waals surface area contributed by atoms with E-state index >= 15 is 0 Å². The van der Waals surface area contributed by atoms with Gasteiger partial charge in [0.25, 0.3) is 0 Å². The van der Waals surface area contributed by atoms with E-state index in [1.807, 2.05) is 0 Å². The van der Waals surface area contributed by atoms with Gasteiger partial charge < -0.3 is 8.39 Å². The van der Waals surface area contributed by atoms with Gasteiger partial charge in [-0.15, -0.1) is 0 Å². The molecule has 0 N–H and O–H groups in total. The van der Waals surface area contributed by atoms with E-state index in [1.165, 1.54) is 21.5 Å². The molecule has 2 aliphatic rings. The van der Waals surface area contributed by atoms with Crippen molar-refractivity contribution in [2.75, 3.05) is 4.67 Å². The second kappa shape index (κ2) is 9.51. The molecule has 38 heavy (non-hydrogen) atoms. The molecular weight excluding hydrogens is 485 g/mol. The van der Waals surface area contributed by atoms with Crippen LogP contribution in [-0.4, -0.2) is 12.1 Å². The quantitative estimate of drug-likeness (QED) is 0.233. The predicted molar refractivity (Wildman–Crippen MR) is 162 cm³/mol. The first kappa shape index (κ1) is 23.3. The average molecular weight is 516 g/mol. The zero-order chi connectivity index (χ0) is 25.6. The molecule has 7 rings (SSSR count). The first-order valence-electron chi connectivity index (χ1n) is 13.4. The lowest BCUT2D eigenvalue weighted by atomic mass is 9.98. The van der Waals surface area contributed by atoms with Crippen molar-refractivity contribution < 1.29 is 8.39 Å². The highest BCUT2D eigenvalue weighted by Gasteiger charge is 2.34. The Morgan fingerprint density at radius 3 is 1.45 bits per heavy atom. The van der Waals surface area contributed by atoms with Gasteiger partial charge in [-0.25, -0.2) is 0 Å². The Morgan fingerprint density at radius 1 is 0.579 bits per heavy atom. The summed E-state index contributed by atoms with van der Waals surface area (Å²) in [6.07, 6.45) is 17.7. The van der Waals surface area contributed by atoms with Crippen LogP contribution >= 0.6 is 8.16 Å². The van der Waals surface area contributed by atoms with Crippen molar-refractivity contribution in [2.45, 2.75) is 25.9 Å². The van der Waals surface area contributed by atoms with E-state index in [2.05, 4.69) is 140 Å². The molecule has 0 amide bonds. The third kappa shape index (κ3) is 3.86. The summed E-state index contributed by atoms with van der Waals surface area (Å²) in [7, 11) is -1.46. The molecule has 0 saturated carbocycles. The zero-order valence-electron chi connectivity index (χ0n) is 21.6. The molecule has 0 bridgehead atoms. The van der Waals surface area contributed by atoms with Crippen LogP contribution in [0.5, 0.6) is 0 Å². The van der Waals surface area contributed by atoms with Crippen molar-refractivity contribution in [1.29, 1.82) is 0 Å². The highest BCUT2D eigenvalue weighted by molar-refractivity contribution is 7.39. The maximum atomic E-state index is 6.99. The fourth-order valence-electron chi connectivity index (χ4n) is 6.01. The largest absolute Gasteiger partial charge is 0.408 e. The van der Waals surface area contributed by atoms with Crippen LogP contribution in [0.1, 0.15) is 13.8 Å². The minimum Gasteiger partial charge on any atom is -0.408 e. The summed E-state index contributed by atoms with van der Waals surface area (Å²) in [5.74, 6) is 0.605. The molecule has 0 fully saturated rings. The Labute approximate surface area is 223 Å². The van der Waals surface area contributed by atoms with Crippen LogP contribution in [0.4, 0.5) is 0 Å². The van der Waals surface area contributed by atoms with Crippen molar-refractivity contribution in [2.24, 2.45) is 11.8 Å². The van der Waals surface area contributed by atoms with Crippen molar-refractivity contribution in [3.05, 3.63) is 121 Å². The van der Waals surface area contributed by atoms with Crippen LogP contribution in [0, 0.1) is 11.8 Å². The summed E-state index contributed by atoms with van der Waals surface area (Å²) in [4.78, 5) is 0. The number of benzene rings is 4. The summed E-state index contributed by atoms with van der Waals surface area (Å²) >= 11 is 0. The SMILES string of the molecule is C[C@H](C1C=CC=C1)N([C@H](C)C1C=CC=C1)p1oc2ccc3ccccc3c2c2c(ccc3ccccc32)o1. The Balaban J connectivity index is 1.58. The topological polar surface area (TPSA) is 29.5 Å². The van der Waals surface area contributed by atoms with Gasteiger partial charge in [0, 0.05) is 34.7 Å². The molecule has 2 aliphatic carbocycles. The normalized spacial score (nSPS) is 17.1. The molecule has 5 aromatic rings. The maximum Gasteiger partial charge on any atom is 0.310 e. The van der Waals surface area contributed by atoms with Gasteiger partial charge in [-0.1, -0.05) is 109 Å². The highest BCUT2D eigenvalue weighted by Crippen LogP contribution is 2.45. The van der Waals surface area contributed by atoms with E-state index in [0.29, 0.717) is 11.8 Å². The molecule has 0 radical (unpaired) electrons. The molecule has 0 aliphatic heterocycles. The summed E-state index contributed by atoms with van der Waals surface area (Å²) < 4.78 is 16.5. The van der Waals surface area contributed by atoms with Gasteiger partial charge >= 0.3 is 8.16 Å². The molecule has 0 saturated heterocycles. The predicted octanol–water partition coefficient (Wildman–Crippen LogP) is 9.80. The monoisotopic (exact) mass is 515 g/mol. The van der Waals surface area contributed by atoms with Gasteiger partial charge in [-0.2, -0.15) is 4.67 Å². The maximum absolute atomic E-state index is 6.99. The van der Waals surface area contributed by atoms with Gasteiger partial charge in [0.1, 0.15) is 11.2 Å². The molecular formula is C34H30NO2P. The zero-order valence-corrected chi connectivity index (χ0v) is 22.5. The van der Waals surface area contributed by atoms with Crippen molar-refractivity contribution in [1.82, 2.24) is 0 Å². The smallest absolute Gasteiger partial charge is 0.310 e. The first-order chi connectivity index (χ1) is 18.7. The first-order valence-corrected chi connectivity index (χ1v) is 14.5. The van der Waals surface area contributed by atoms with Crippen molar-refractivity contribution in [3.8, 4) is 0 Å². The second-order valence-corrected chi connectivity index (χ2v) is 11.6. The van der Waals surface area contributed by atoms with E-state index in [1.54, 1.807) is 0 Å². The number of nitrogens with zero attached hydrogens (tertiary/aromatic N) is 1. The van der Waals surface area contributed by atoms with Crippen LogP contribution in [-0.2, 0) is 0 Å². The van der Waals surface area contributed by atoms with E-state index in [0.717, 1.165) is 21.9 Å². The lowest BCUT2D eigenvalue weighted by molar-refractivity contribution is 0.474. The second-order valence-electron chi connectivity index (χ2n) is 10.3. The van der Waals surface area contributed by atoms with Gasteiger partial charge in [0.05, 0.1) is 0 Å². The molecule has 1 aromatic heterocycles. The van der Waals surface area contributed by atoms with E-state index in [9.17, 15) is 0 Å². The number of allylic oxidation sites excluding steroid dienone is 4. The summed E-state index contributed by atoms with van der Waals surface area (Å²) in [6.45, 7) is 4.60. The van der Waals surface area contributed by atoms with Gasteiger partial charge in [-0.3, -0.25) is 0 Å².